The summed E-state index contributed by atoms with van der Waals surface area (Å²) in [4.78, 5) is 0. The van der Waals surface area contributed by atoms with Crippen LogP contribution in [-0.2, 0) is 4.74 Å². The first-order chi connectivity index (χ1) is 8.88. The average Bonchev–Trinajstić information content (AvgIpc) is 2.38. The highest BCUT2D eigenvalue weighted by Crippen LogP contribution is 2.53. The Kier molecular flexibility index (Phi) is 3.10. The Labute approximate surface area is 110 Å². The van der Waals surface area contributed by atoms with Gasteiger partial charge in [0, 0.05) is 25.7 Å². The molecule has 4 aliphatic carbocycles. The minimum Gasteiger partial charge on any atom is -0.374 e. The van der Waals surface area contributed by atoms with Crippen molar-refractivity contribution in [1.29, 1.82) is 0 Å². The predicted octanol–water partition coefficient (Wildman–Crippen LogP) is 1.39. The molecule has 0 radical (unpaired) electrons. The predicted molar refractivity (Wildman–Crippen MR) is 71.4 cm³/mol. The van der Waals surface area contributed by atoms with Gasteiger partial charge < -0.3 is 15.4 Å². The molecule has 1 aliphatic heterocycles. The molecule has 1 unspecified atom stereocenters. The molecule has 1 heterocycles. The van der Waals surface area contributed by atoms with E-state index in [-0.39, 0.29) is 0 Å². The van der Waals surface area contributed by atoms with Crippen LogP contribution in [0.5, 0.6) is 0 Å². The molecule has 4 saturated carbocycles. The first-order valence-electron chi connectivity index (χ1n) is 7.94. The van der Waals surface area contributed by atoms with Gasteiger partial charge in [0.25, 0.3) is 0 Å². The molecule has 3 nitrogen and oxygen atoms in total. The number of morpholine rings is 1. The summed E-state index contributed by atoms with van der Waals surface area (Å²) >= 11 is 0. The summed E-state index contributed by atoms with van der Waals surface area (Å²) in [5.74, 6) is 4.13. The summed E-state index contributed by atoms with van der Waals surface area (Å²) < 4.78 is 5.80. The third kappa shape index (κ3) is 2.10. The summed E-state index contributed by atoms with van der Waals surface area (Å²) in [5.41, 5.74) is 0. The summed E-state index contributed by atoms with van der Waals surface area (Å²) in [7, 11) is 0. The highest BCUT2D eigenvalue weighted by molar-refractivity contribution is 5.01. The lowest BCUT2D eigenvalue weighted by molar-refractivity contribution is -0.0253. The Balaban J connectivity index is 1.34. The van der Waals surface area contributed by atoms with Gasteiger partial charge in [-0.1, -0.05) is 0 Å². The minimum atomic E-state index is 0.399. The van der Waals surface area contributed by atoms with E-state index < -0.39 is 0 Å². The number of hydrogen-bond donors (Lipinski definition) is 2. The van der Waals surface area contributed by atoms with Crippen LogP contribution in [0.15, 0.2) is 0 Å². The monoisotopic (exact) mass is 250 g/mol. The van der Waals surface area contributed by atoms with E-state index in [9.17, 15) is 0 Å². The zero-order valence-corrected chi connectivity index (χ0v) is 11.2. The Hall–Kier alpha value is -0.120. The molecular weight excluding hydrogens is 224 g/mol. The quantitative estimate of drug-likeness (QED) is 0.794. The van der Waals surface area contributed by atoms with Gasteiger partial charge in [0.15, 0.2) is 0 Å². The molecule has 0 aromatic rings. The van der Waals surface area contributed by atoms with Gasteiger partial charge in [-0.05, 0) is 55.8 Å². The highest BCUT2D eigenvalue weighted by Gasteiger charge is 2.47. The number of ether oxygens (including phenoxy) is 1. The zero-order chi connectivity index (χ0) is 11.9. The van der Waals surface area contributed by atoms with Crippen molar-refractivity contribution in [1.82, 2.24) is 10.6 Å². The van der Waals surface area contributed by atoms with Crippen molar-refractivity contribution >= 4 is 0 Å². The fourth-order valence-electron chi connectivity index (χ4n) is 5.28. The normalized spacial score (nSPS) is 50.7. The van der Waals surface area contributed by atoms with Crippen LogP contribution < -0.4 is 10.6 Å². The minimum absolute atomic E-state index is 0.399. The first-order valence-corrected chi connectivity index (χ1v) is 7.94. The molecule has 4 bridgehead atoms. The van der Waals surface area contributed by atoms with Crippen LogP contribution >= 0.6 is 0 Å². The van der Waals surface area contributed by atoms with E-state index in [0.717, 1.165) is 56.0 Å². The van der Waals surface area contributed by atoms with Crippen molar-refractivity contribution in [3.63, 3.8) is 0 Å². The molecule has 5 fully saturated rings. The van der Waals surface area contributed by atoms with Crippen molar-refractivity contribution in [3.05, 3.63) is 0 Å². The van der Waals surface area contributed by atoms with Crippen LogP contribution in [-0.4, -0.2) is 38.4 Å². The Bertz CT molecular complexity index is 273. The molecule has 1 saturated heterocycles. The van der Waals surface area contributed by atoms with Crippen molar-refractivity contribution in [2.24, 2.45) is 23.7 Å². The molecule has 2 N–H and O–H groups in total. The van der Waals surface area contributed by atoms with Gasteiger partial charge in [-0.15, -0.1) is 0 Å². The van der Waals surface area contributed by atoms with Crippen LogP contribution in [0.2, 0.25) is 0 Å². The first kappa shape index (κ1) is 11.7. The maximum atomic E-state index is 5.80. The topological polar surface area (TPSA) is 33.3 Å². The highest BCUT2D eigenvalue weighted by atomic mass is 16.5. The number of rotatable bonds is 3. The second kappa shape index (κ2) is 4.77. The van der Waals surface area contributed by atoms with Crippen LogP contribution in [0.4, 0.5) is 0 Å². The number of hydrogen-bond acceptors (Lipinski definition) is 3. The Morgan fingerprint density at radius 3 is 2.33 bits per heavy atom. The summed E-state index contributed by atoms with van der Waals surface area (Å²) in [6.45, 7) is 3.99. The molecule has 5 rings (SSSR count). The Morgan fingerprint density at radius 2 is 1.72 bits per heavy atom. The van der Waals surface area contributed by atoms with E-state index in [1.807, 2.05) is 0 Å². The van der Waals surface area contributed by atoms with Gasteiger partial charge in [-0.2, -0.15) is 0 Å². The van der Waals surface area contributed by atoms with E-state index in [1.165, 1.54) is 25.7 Å². The fraction of sp³-hybridized carbons (Fsp3) is 1.00. The lowest BCUT2D eigenvalue weighted by Gasteiger charge is -2.54. The van der Waals surface area contributed by atoms with Crippen LogP contribution in [0.3, 0.4) is 0 Å². The second-order valence-electron chi connectivity index (χ2n) is 7.06. The van der Waals surface area contributed by atoms with Gasteiger partial charge in [-0.3, -0.25) is 0 Å². The molecule has 0 aromatic carbocycles. The van der Waals surface area contributed by atoms with Gasteiger partial charge in [-0.25, -0.2) is 0 Å². The van der Waals surface area contributed by atoms with Crippen molar-refractivity contribution < 1.29 is 4.74 Å². The van der Waals surface area contributed by atoms with Gasteiger partial charge in [0.2, 0.25) is 0 Å². The second-order valence-corrected chi connectivity index (χ2v) is 7.06. The lowest BCUT2D eigenvalue weighted by atomic mass is 9.54. The zero-order valence-electron chi connectivity index (χ0n) is 11.2. The largest absolute Gasteiger partial charge is 0.374 e. The average molecular weight is 250 g/mol. The van der Waals surface area contributed by atoms with Crippen LogP contribution in [0.1, 0.15) is 32.1 Å². The molecule has 0 amide bonds. The van der Waals surface area contributed by atoms with Gasteiger partial charge >= 0.3 is 0 Å². The van der Waals surface area contributed by atoms with Gasteiger partial charge in [0.1, 0.15) is 0 Å². The van der Waals surface area contributed by atoms with Crippen molar-refractivity contribution in [2.45, 2.75) is 44.2 Å². The summed E-state index contributed by atoms with van der Waals surface area (Å²) in [6, 6.07) is 0.809. The summed E-state index contributed by atoms with van der Waals surface area (Å²) in [6.07, 6.45) is 7.98. The molecule has 0 spiro atoms. The van der Waals surface area contributed by atoms with E-state index in [2.05, 4.69) is 10.6 Å². The van der Waals surface area contributed by atoms with Crippen LogP contribution in [0.25, 0.3) is 0 Å². The van der Waals surface area contributed by atoms with Crippen LogP contribution in [0, 0.1) is 23.7 Å². The molecule has 3 heteroatoms. The molecular formula is C15H26N2O. The van der Waals surface area contributed by atoms with E-state index >= 15 is 0 Å². The van der Waals surface area contributed by atoms with Crippen molar-refractivity contribution in [3.8, 4) is 0 Å². The summed E-state index contributed by atoms with van der Waals surface area (Å²) in [5, 5.41) is 7.29. The molecule has 18 heavy (non-hydrogen) atoms. The van der Waals surface area contributed by atoms with Gasteiger partial charge in [0.05, 0.1) is 12.7 Å². The third-order valence-electron chi connectivity index (χ3n) is 5.81. The van der Waals surface area contributed by atoms with Crippen molar-refractivity contribution in [2.75, 3.05) is 26.2 Å². The standard InChI is InChI=1S/C15H26N2O/c1-2-18-14(8-16-1)9-17-15-12-4-10-3-11(6-12)7-13(15)5-10/h10-17H,1-9H2. The molecule has 5 aliphatic rings. The maximum Gasteiger partial charge on any atom is 0.0824 e. The van der Waals surface area contributed by atoms with E-state index in [0.29, 0.717) is 6.10 Å². The fourth-order valence-corrected chi connectivity index (χ4v) is 5.28. The molecule has 1 atom stereocenters. The lowest BCUT2D eigenvalue weighted by Crippen LogP contribution is -2.56. The SMILES string of the molecule is C1COC(CNC2C3CC4CC(C3)CC2C4)CN1. The smallest absolute Gasteiger partial charge is 0.0824 e. The number of nitrogens with one attached hydrogen (secondary N) is 2. The third-order valence-corrected chi connectivity index (χ3v) is 5.81. The maximum absolute atomic E-state index is 5.80. The molecule has 0 aromatic heterocycles. The van der Waals surface area contributed by atoms with E-state index in [1.54, 1.807) is 6.42 Å². The molecule has 102 valence electrons. The Morgan fingerprint density at radius 1 is 1.00 bits per heavy atom. The van der Waals surface area contributed by atoms with E-state index in [4.69, 9.17) is 4.74 Å².